The molecular weight excluding hydrogens is 600 g/mol. The number of rotatable bonds is 6. The fraction of sp³-hybridized carbons (Fsp3) is 0.214. The molecule has 0 aliphatic carbocycles. The van der Waals surface area contributed by atoms with Gasteiger partial charge in [-0.05, 0) is 55.3 Å². The summed E-state index contributed by atoms with van der Waals surface area (Å²) in [6.45, 7) is 1.22. The zero-order valence-corrected chi connectivity index (χ0v) is 23.3. The zero-order valence-electron chi connectivity index (χ0n) is 21.8. The Morgan fingerprint density at radius 3 is 2.45 bits per heavy atom. The van der Waals surface area contributed by atoms with Crippen LogP contribution in [-0.2, 0) is 6.18 Å². The first-order chi connectivity index (χ1) is 20.0. The number of methoxy groups -OCH3 is 1. The van der Waals surface area contributed by atoms with Crippen LogP contribution in [0.2, 0.25) is 5.15 Å². The molecule has 3 heterocycles. The molecule has 0 atom stereocenters. The number of alkyl halides is 3. The zero-order chi connectivity index (χ0) is 30.2. The molecule has 5 rings (SSSR count). The van der Waals surface area contributed by atoms with E-state index >= 15 is 0 Å². The number of amides is 3. The van der Waals surface area contributed by atoms with E-state index in [0.717, 1.165) is 30.2 Å². The van der Waals surface area contributed by atoms with Gasteiger partial charge in [0.2, 0.25) is 0 Å². The SMILES string of the molecule is COc1ccc(C(=O)N2CCCC2)cc1C(=O)Nc1c(C(=O)Nc2ccc(F)c(C(F)(F)F)c2)sc2cc(Cl)ncc12. The summed E-state index contributed by atoms with van der Waals surface area (Å²) in [4.78, 5) is 45.5. The summed E-state index contributed by atoms with van der Waals surface area (Å²) in [5.41, 5.74) is -1.55. The van der Waals surface area contributed by atoms with Gasteiger partial charge in [-0.2, -0.15) is 13.2 Å². The number of aromatic nitrogens is 1. The third kappa shape index (κ3) is 5.88. The van der Waals surface area contributed by atoms with Gasteiger partial charge in [0, 0.05) is 40.6 Å². The first-order valence-corrected chi connectivity index (χ1v) is 13.7. The molecule has 8 nitrogen and oxygen atoms in total. The number of carbonyl (C=O) groups is 3. The Labute approximate surface area is 245 Å². The predicted octanol–water partition coefficient (Wildman–Crippen LogP) is 6.86. The van der Waals surface area contributed by atoms with E-state index in [1.54, 1.807) is 11.0 Å². The fourth-order valence-electron chi connectivity index (χ4n) is 4.56. The van der Waals surface area contributed by atoms with Crippen LogP contribution in [0.1, 0.15) is 48.8 Å². The number of pyridine rings is 1. The van der Waals surface area contributed by atoms with Crippen molar-refractivity contribution in [2.45, 2.75) is 19.0 Å². The van der Waals surface area contributed by atoms with Gasteiger partial charge in [-0.15, -0.1) is 11.3 Å². The number of nitrogens with one attached hydrogen (secondary N) is 2. The number of hydrogen-bond acceptors (Lipinski definition) is 6. The van der Waals surface area contributed by atoms with Gasteiger partial charge in [0.1, 0.15) is 21.6 Å². The summed E-state index contributed by atoms with van der Waals surface area (Å²) < 4.78 is 59.2. The first kappa shape index (κ1) is 29.3. The number of likely N-dealkylation sites (tertiary alicyclic amines) is 1. The van der Waals surface area contributed by atoms with E-state index in [1.807, 2.05) is 0 Å². The monoisotopic (exact) mass is 620 g/mol. The van der Waals surface area contributed by atoms with Crippen LogP contribution < -0.4 is 15.4 Å². The minimum Gasteiger partial charge on any atom is -0.496 e. The summed E-state index contributed by atoms with van der Waals surface area (Å²) in [7, 11) is 1.36. The largest absolute Gasteiger partial charge is 0.496 e. The molecule has 4 aromatic rings. The maximum atomic E-state index is 13.8. The lowest BCUT2D eigenvalue weighted by molar-refractivity contribution is -0.139. The molecule has 3 amide bonds. The van der Waals surface area contributed by atoms with Crippen LogP contribution in [-0.4, -0.2) is 47.8 Å². The predicted molar refractivity (Wildman–Crippen MR) is 150 cm³/mol. The van der Waals surface area contributed by atoms with Gasteiger partial charge in [0.25, 0.3) is 17.7 Å². The Morgan fingerprint density at radius 1 is 1.02 bits per heavy atom. The molecule has 1 aliphatic heterocycles. The van der Waals surface area contributed by atoms with Gasteiger partial charge in [-0.1, -0.05) is 11.6 Å². The van der Waals surface area contributed by atoms with Crippen molar-refractivity contribution < 1.29 is 36.7 Å². The van der Waals surface area contributed by atoms with Crippen LogP contribution in [0.15, 0.2) is 48.7 Å². The van der Waals surface area contributed by atoms with Crippen LogP contribution in [0.4, 0.5) is 28.9 Å². The molecular formula is C28H21ClF4N4O4S. The van der Waals surface area contributed by atoms with Crippen LogP contribution in [0.25, 0.3) is 10.1 Å². The molecule has 0 bridgehead atoms. The number of carbonyl (C=O) groups excluding carboxylic acids is 3. The van der Waals surface area contributed by atoms with Gasteiger partial charge in [-0.25, -0.2) is 9.37 Å². The molecule has 1 saturated heterocycles. The number of benzene rings is 2. The van der Waals surface area contributed by atoms with Gasteiger partial charge in [0.15, 0.2) is 0 Å². The second-order valence-electron chi connectivity index (χ2n) is 9.32. The molecule has 2 N–H and O–H groups in total. The lowest BCUT2D eigenvalue weighted by Crippen LogP contribution is -2.28. The van der Waals surface area contributed by atoms with Crippen molar-refractivity contribution in [3.8, 4) is 5.75 Å². The highest BCUT2D eigenvalue weighted by Crippen LogP contribution is 2.38. The maximum Gasteiger partial charge on any atom is 0.419 e. The van der Waals surface area contributed by atoms with Gasteiger partial charge in [-0.3, -0.25) is 14.4 Å². The van der Waals surface area contributed by atoms with Crippen molar-refractivity contribution in [2.75, 3.05) is 30.8 Å². The van der Waals surface area contributed by atoms with Crippen LogP contribution in [0.3, 0.4) is 0 Å². The number of fused-ring (bicyclic) bond motifs is 1. The molecule has 0 unspecified atom stereocenters. The standard InChI is InChI=1S/C28H21ClF4N4O4S/c1-41-20-7-4-14(27(40)37-8-2-3-9-37)10-16(20)25(38)36-23-17-13-34-22(29)12-21(17)42-24(23)26(39)35-15-5-6-19(30)18(11-15)28(31,32)33/h4-7,10-13H,2-3,8-9H2,1H3,(H,35,39)(H,36,38). The van der Waals surface area contributed by atoms with Crippen molar-refractivity contribution in [1.82, 2.24) is 9.88 Å². The fourth-order valence-corrected chi connectivity index (χ4v) is 5.85. The second kappa shape index (κ2) is 11.6. The Bertz CT molecular complexity index is 1720. The maximum absolute atomic E-state index is 13.8. The van der Waals surface area contributed by atoms with Crippen LogP contribution >= 0.6 is 22.9 Å². The Hall–Kier alpha value is -4.23. The number of anilines is 2. The summed E-state index contributed by atoms with van der Waals surface area (Å²) in [5, 5.41) is 5.45. The topological polar surface area (TPSA) is 101 Å². The number of hydrogen-bond donors (Lipinski definition) is 2. The minimum absolute atomic E-state index is 0.0122. The average Bonchev–Trinajstić information content (AvgIpc) is 3.61. The highest BCUT2D eigenvalue weighted by molar-refractivity contribution is 7.21. The summed E-state index contributed by atoms with van der Waals surface area (Å²) >= 11 is 6.93. The normalized spacial score (nSPS) is 13.3. The van der Waals surface area contributed by atoms with E-state index in [2.05, 4.69) is 15.6 Å². The van der Waals surface area contributed by atoms with Crippen LogP contribution in [0, 0.1) is 5.82 Å². The van der Waals surface area contributed by atoms with E-state index in [1.165, 1.54) is 31.5 Å². The summed E-state index contributed by atoms with van der Waals surface area (Å²) in [6, 6.07) is 7.97. The smallest absolute Gasteiger partial charge is 0.419 e. The van der Waals surface area contributed by atoms with E-state index in [9.17, 15) is 31.9 Å². The average molecular weight is 621 g/mol. The molecule has 1 aliphatic rings. The molecule has 2 aromatic carbocycles. The van der Waals surface area contributed by atoms with Crippen molar-refractivity contribution in [3.63, 3.8) is 0 Å². The van der Waals surface area contributed by atoms with Gasteiger partial charge < -0.3 is 20.3 Å². The molecule has 218 valence electrons. The Kier molecular flexibility index (Phi) is 8.06. The molecule has 42 heavy (non-hydrogen) atoms. The molecule has 0 spiro atoms. The first-order valence-electron chi connectivity index (χ1n) is 12.5. The van der Waals surface area contributed by atoms with E-state index < -0.39 is 29.4 Å². The van der Waals surface area contributed by atoms with Gasteiger partial charge >= 0.3 is 6.18 Å². The van der Waals surface area contributed by atoms with Crippen molar-refractivity contribution in [1.29, 1.82) is 0 Å². The Balaban J connectivity index is 1.50. The minimum atomic E-state index is -4.98. The lowest BCUT2D eigenvalue weighted by Gasteiger charge is -2.17. The van der Waals surface area contributed by atoms with E-state index in [0.29, 0.717) is 35.3 Å². The van der Waals surface area contributed by atoms with Crippen LogP contribution in [0.5, 0.6) is 5.75 Å². The summed E-state index contributed by atoms with van der Waals surface area (Å²) in [5.74, 6) is -3.14. The third-order valence-corrected chi connectivity index (χ3v) is 7.96. The molecule has 2 aromatic heterocycles. The lowest BCUT2D eigenvalue weighted by atomic mass is 10.1. The van der Waals surface area contributed by atoms with E-state index in [-0.39, 0.29) is 44.2 Å². The van der Waals surface area contributed by atoms with Gasteiger partial charge in [0.05, 0.1) is 23.9 Å². The van der Waals surface area contributed by atoms with Crippen molar-refractivity contribution in [3.05, 3.63) is 81.2 Å². The number of halogens is 5. The highest BCUT2D eigenvalue weighted by Gasteiger charge is 2.34. The number of ether oxygens (including phenoxy) is 1. The highest BCUT2D eigenvalue weighted by atomic mass is 35.5. The molecule has 0 radical (unpaired) electrons. The molecule has 0 saturated carbocycles. The number of nitrogens with zero attached hydrogens (tertiary/aromatic N) is 2. The van der Waals surface area contributed by atoms with E-state index in [4.69, 9.17) is 16.3 Å². The van der Waals surface area contributed by atoms with Crippen molar-refractivity contribution >= 4 is 62.1 Å². The third-order valence-electron chi connectivity index (χ3n) is 6.60. The second-order valence-corrected chi connectivity index (χ2v) is 10.8. The molecule has 14 heteroatoms. The Morgan fingerprint density at radius 2 is 1.76 bits per heavy atom. The summed E-state index contributed by atoms with van der Waals surface area (Å²) in [6.07, 6.45) is -1.86. The van der Waals surface area contributed by atoms with Crippen molar-refractivity contribution in [2.24, 2.45) is 0 Å². The quantitative estimate of drug-likeness (QED) is 0.181. The number of thiophene rings is 1. The molecule has 1 fully saturated rings.